The minimum atomic E-state index is 0.113. The lowest BCUT2D eigenvalue weighted by Gasteiger charge is -2.25. The van der Waals surface area contributed by atoms with Gasteiger partial charge in [-0.2, -0.15) is 10.1 Å². The van der Waals surface area contributed by atoms with Crippen LogP contribution < -0.4 is 5.73 Å². The van der Waals surface area contributed by atoms with Crippen LogP contribution in [0.3, 0.4) is 0 Å². The molecular formula is C18H22N6O. The zero-order valence-electron chi connectivity index (χ0n) is 14.3. The second-order valence-corrected chi connectivity index (χ2v) is 6.62. The summed E-state index contributed by atoms with van der Waals surface area (Å²) >= 11 is 0. The van der Waals surface area contributed by atoms with Crippen LogP contribution in [0.15, 0.2) is 34.9 Å². The maximum Gasteiger partial charge on any atom is 0.231 e. The van der Waals surface area contributed by atoms with Crippen molar-refractivity contribution in [2.24, 2.45) is 12.8 Å². The summed E-state index contributed by atoms with van der Waals surface area (Å²) in [6.45, 7) is 0. The van der Waals surface area contributed by atoms with Gasteiger partial charge in [0.25, 0.3) is 0 Å². The molecule has 0 spiro atoms. The van der Waals surface area contributed by atoms with E-state index in [4.69, 9.17) is 10.3 Å². The number of nitrogens with two attached hydrogens (primary N) is 1. The van der Waals surface area contributed by atoms with Crippen molar-refractivity contribution in [2.45, 2.75) is 44.1 Å². The van der Waals surface area contributed by atoms with Crippen LogP contribution in [0.1, 0.15) is 49.1 Å². The van der Waals surface area contributed by atoms with Gasteiger partial charge in [0.2, 0.25) is 5.89 Å². The van der Waals surface area contributed by atoms with E-state index in [1.807, 2.05) is 37.4 Å². The van der Waals surface area contributed by atoms with Crippen LogP contribution in [0.5, 0.6) is 0 Å². The molecule has 7 nitrogen and oxygen atoms in total. The monoisotopic (exact) mass is 338 g/mol. The number of hydrogen-bond donors (Lipinski definition) is 1. The van der Waals surface area contributed by atoms with Crippen molar-refractivity contribution in [2.75, 3.05) is 0 Å². The SMILES string of the molecule is Cn1nc(-c2ccccc2)nc1Cc1noc([C@@H]2CCCC[C@@H]2N)n1. The first-order valence-corrected chi connectivity index (χ1v) is 8.74. The average molecular weight is 338 g/mol. The van der Waals surface area contributed by atoms with E-state index in [1.165, 1.54) is 12.8 Å². The third-order valence-electron chi connectivity index (χ3n) is 4.82. The molecule has 0 amide bonds. The molecule has 1 aromatic carbocycles. The van der Waals surface area contributed by atoms with Crippen molar-refractivity contribution in [3.63, 3.8) is 0 Å². The Morgan fingerprint density at radius 3 is 2.76 bits per heavy atom. The van der Waals surface area contributed by atoms with Crippen LogP contribution in [-0.2, 0) is 13.5 Å². The molecule has 25 heavy (non-hydrogen) atoms. The Labute approximate surface area is 146 Å². The molecule has 1 saturated carbocycles. The molecule has 0 saturated heterocycles. The predicted molar refractivity (Wildman–Crippen MR) is 92.7 cm³/mol. The topological polar surface area (TPSA) is 95.7 Å². The van der Waals surface area contributed by atoms with E-state index >= 15 is 0 Å². The fraction of sp³-hybridized carbons (Fsp3) is 0.444. The summed E-state index contributed by atoms with van der Waals surface area (Å²) in [5, 5.41) is 8.61. The largest absolute Gasteiger partial charge is 0.339 e. The maximum absolute atomic E-state index is 6.21. The van der Waals surface area contributed by atoms with Gasteiger partial charge in [-0.15, -0.1) is 0 Å². The minimum Gasteiger partial charge on any atom is -0.339 e. The summed E-state index contributed by atoms with van der Waals surface area (Å²) in [6, 6.07) is 10.0. The van der Waals surface area contributed by atoms with Crippen LogP contribution >= 0.6 is 0 Å². The van der Waals surface area contributed by atoms with E-state index in [2.05, 4.69) is 20.2 Å². The number of aryl methyl sites for hydroxylation is 1. The van der Waals surface area contributed by atoms with Crippen LogP contribution in [0, 0.1) is 0 Å². The van der Waals surface area contributed by atoms with Gasteiger partial charge in [0.15, 0.2) is 11.6 Å². The zero-order valence-corrected chi connectivity index (χ0v) is 14.3. The number of benzene rings is 1. The van der Waals surface area contributed by atoms with Crippen LogP contribution in [0.25, 0.3) is 11.4 Å². The Kier molecular flexibility index (Phi) is 4.31. The highest BCUT2D eigenvalue weighted by Crippen LogP contribution is 2.31. The smallest absolute Gasteiger partial charge is 0.231 e. The third-order valence-corrected chi connectivity index (χ3v) is 4.82. The lowest BCUT2D eigenvalue weighted by molar-refractivity contribution is 0.289. The van der Waals surface area contributed by atoms with Crippen molar-refractivity contribution in [3.05, 3.63) is 47.9 Å². The second-order valence-electron chi connectivity index (χ2n) is 6.62. The summed E-state index contributed by atoms with van der Waals surface area (Å²) in [5.41, 5.74) is 7.20. The molecule has 0 bridgehead atoms. The van der Waals surface area contributed by atoms with E-state index in [9.17, 15) is 0 Å². The maximum atomic E-state index is 6.21. The molecule has 0 unspecified atom stereocenters. The van der Waals surface area contributed by atoms with Gasteiger partial charge in [0.05, 0.1) is 12.3 Å². The van der Waals surface area contributed by atoms with E-state index in [-0.39, 0.29) is 12.0 Å². The third kappa shape index (κ3) is 3.32. The lowest BCUT2D eigenvalue weighted by Crippen LogP contribution is -2.31. The van der Waals surface area contributed by atoms with Gasteiger partial charge in [-0.3, -0.25) is 4.68 Å². The van der Waals surface area contributed by atoms with Gasteiger partial charge in [-0.1, -0.05) is 48.3 Å². The molecule has 130 valence electrons. The van der Waals surface area contributed by atoms with E-state index in [0.29, 0.717) is 24.0 Å². The quantitative estimate of drug-likeness (QED) is 0.785. The first kappa shape index (κ1) is 16.0. The average Bonchev–Trinajstić information content (AvgIpc) is 3.24. The molecule has 1 fully saturated rings. The highest BCUT2D eigenvalue weighted by Gasteiger charge is 2.28. The molecule has 3 aromatic rings. The Morgan fingerprint density at radius 2 is 1.96 bits per heavy atom. The lowest BCUT2D eigenvalue weighted by atomic mass is 9.85. The van der Waals surface area contributed by atoms with E-state index < -0.39 is 0 Å². The molecule has 2 aromatic heterocycles. The molecule has 1 aliphatic rings. The molecule has 2 N–H and O–H groups in total. The van der Waals surface area contributed by atoms with Crippen molar-refractivity contribution in [1.29, 1.82) is 0 Å². The summed E-state index contributed by atoms with van der Waals surface area (Å²) in [6.07, 6.45) is 4.87. The molecular weight excluding hydrogens is 316 g/mol. The first-order valence-electron chi connectivity index (χ1n) is 8.74. The van der Waals surface area contributed by atoms with Crippen molar-refractivity contribution in [1.82, 2.24) is 24.9 Å². The van der Waals surface area contributed by atoms with Crippen molar-refractivity contribution in [3.8, 4) is 11.4 Å². The molecule has 0 aliphatic heterocycles. The summed E-state index contributed by atoms with van der Waals surface area (Å²) in [5.74, 6) is 2.97. The number of rotatable bonds is 4. The van der Waals surface area contributed by atoms with Crippen molar-refractivity contribution >= 4 is 0 Å². The Morgan fingerprint density at radius 1 is 1.16 bits per heavy atom. The zero-order chi connectivity index (χ0) is 17.2. The Bertz CT molecular complexity index is 840. The summed E-state index contributed by atoms with van der Waals surface area (Å²) in [4.78, 5) is 9.18. The highest BCUT2D eigenvalue weighted by molar-refractivity contribution is 5.54. The summed E-state index contributed by atoms with van der Waals surface area (Å²) < 4.78 is 7.25. The van der Waals surface area contributed by atoms with Gasteiger partial charge in [0, 0.05) is 18.7 Å². The fourth-order valence-corrected chi connectivity index (χ4v) is 3.38. The fourth-order valence-electron chi connectivity index (χ4n) is 3.38. The molecule has 2 heterocycles. The van der Waals surface area contributed by atoms with Crippen LogP contribution in [0.4, 0.5) is 0 Å². The number of aromatic nitrogens is 5. The second kappa shape index (κ2) is 6.76. The normalized spacial score (nSPS) is 20.7. The number of hydrogen-bond acceptors (Lipinski definition) is 6. The van der Waals surface area contributed by atoms with Gasteiger partial charge in [0.1, 0.15) is 5.82 Å². The van der Waals surface area contributed by atoms with Gasteiger partial charge in [-0.25, -0.2) is 4.98 Å². The molecule has 4 rings (SSSR count). The molecule has 7 heteroatoms. The van der Waals surface area contributed by atoms with E-state index in [0.717, 1.165) is 24.2 Å². The molecule has 0 radical (unpaired) electrons. The molecule has 1 aliphatic carbocycles. The number of nitrogens with zero attached hydrogens (tertiary/aromatic N) is 5. The Hall–Kier alpha value is -2.54. The minimum absolute atomic E-state index is 0.113. The van der Waals surface area contributed by atoms with Gasteiger partial charge >= 0.3 is 0 Å². The standard InChI is InChI=1S/C18H22N6O/c1-24-16(21-17(22-24)12-7-3-2-4-8-12)11-15-20-18(25-23-15)13-9-5-6-10-14(13)19/h2-4,7-8,13-14H,5-6,9-11,19H2,1H3/t13-,14+/m1/s1. The highest BCUT2D eigenvalue weighted by atomic mass is 16.5. The predicted octanol–water partition coefficient (Wildman–Crippen LogP) is 2.44. The van der Waals surface area contributed by atoms with Crippen LogP contribution in [0.2, 0.25) is 0 Å². The van der Waals surface area contributed by atoms with Gasteiger partial charge in [-0.05, 0) is 12.8 Å². The van der Waals surface area contributed by atoms with E-state index in [1.54, 1.807) is 4.68 Å². The van der Waals surface area contributed by atoms with Crippen molar-refractivity contribution < 1.29 is 4.52 Å². The summed E-state index contributed by atoms with van der Waals surface area (Å²) in [7, 11) is 1.88. The van der Waals surface area contributed by atoms with Crippen LogP contribution in [-0.4, -0.2) is 30.9 Å². The Balaban J connectivity index is 1.52. The van der Waals surface area contributed by atoms with Gasteiger partial charge < -0.3 is 10.3 Å². The first-order chi connectivity index (χ1) is 12.2. The molecule has 2 atom stereocenters.